The first kappa shape index (κ1) is 14.5. The van der Waals surface area contributed by atoms with Gasteiger partial charge in [0.1, 0.15) is 5.82 Å². The molecule has 2 aromatic rings. The summed E-state index contributed by atoms with van der Waals surface area (Å²) in [4.78, 5) is 0.0571. The van der Waals surface area contributed by atoms with Crippen LogP contribution in [0.1, 0.15) is 34.4 Å². The summed E-state index contributed by atoms with van der Waals surface area (Å²) in [6.45, 7) is 3.88. The highest BCUT2D eigenvalue weighted by Gasteiger charge is 2.21. The van der Waals surface area contributed by atoms with Crippen LogP contribution in [-0.2, 0) is 0 Å². The van der Waals surface area contributed by atoms with Gasteiger partial charge in [-0.25, -0.2) is 4.39 Å². The molecule has 0 heterocycles. The molecule has 100 valence electrons. The fourth-order valence-corrected chi connectivity index (χ4v) is 3.17. The number of halogens is 3. The van der Waals surface area contributed by atoms with E-state index in [0.717, 1.165) is 5.56 Å². The van der Waals surface area contributed by atoms with Gasteiger partial charge >= 0.3 is 0 Å². The third-order valence-electron chi connectivity index (χ3n) is 3.34. The molecule has 2 unspecified atom stereocenters. The Morgan fingerprint density at radius 2 is 1.79 bits per heavy atom. The molecule has 0 saturated heterocycles. The van der Waals surface area contributed by atoms with Crippen LogP contribution < -0.4 is 0 Å². The van der Waals surface area contributed by atoms with E-state index in [4.69, 9.17) is 11.6 Å². The highest BCUT2D eigenvalue weighted by molar-refractivity contribution is 9.09. The van der Waals surface area contributed by atoms with Gasteiger partial charge in [0.25, 0.3) is 0 Å². The zero-order valence-corrected chi connectivity index (χ0v) is 13.2. The maximum absolute atomic E-state index is 13.4. The normalized spacial score (nSPS) is 14.2. The second-order valence-electron chi connectivity index (χ2n) is 4.72. The minimum atomic E-state index is -0.263. The molecule has 19 heavy (non-hydrogen) atoms. The molecule has 0 amide bonds. The molecule has 0 aliphatic carbocycles. The Bertz CT molecular complexity index is 568. The van der Waals surface area contributed by atoms with Crippen LogP contribution in [0.3, 0.4) is 0 Å². The van der Waals surface area contributed by atoms with Crippen molar-refractivity contribution in [2.75, 3.05) is 0 Å². The monoisotopic (exact) mass is 340 g/mol. The van der Waals surface area contributed by atoms with E-state index < -0.39 is 0 Å². The van der Waals surface area contributed by atoms with E-state index in [1.54, 1.807) is 6.92 Å². The SMILES string of the molecule is Cc1cc(C(Br)C(C)c2ccccc2)c(Cl)cc1F. The van der Waals surface area contributed by atoms with Gasteiger partial charge in [-0.3, -0.25) is 0 Å². The minimum absolute atomic E-state index is 0.0571. The van der Waals surface area contributed by atoms with Crippen LogP contribution in [0.5, 0.6) is 0 Å². The van der Waals surface area contributed by atoms with Gasteiger partial charge in [-0.15, -0.1) is 0 Å². The van der Waals surface area contributed by atoms with Crippen LogP contribution in [-0.4, -0.2) is 0 Å². The smallest absolute Gasteiger partial charge is 0.127 e. The van der Waals surface area contributed by atoms with E-state index in [2.05, 4.69) is 35.0 Å². The van der Waals surface area contributed by atoms with Crippen molar-refractivity contribution in [1.29, 1.82) is 0 Å². The van der Waals surface area contributed by atoms with Crippen LogP contribution in [0.2, 0.25) is 5.02 Å². The Labute approximate surface area is 126 Å². The summed E-state index contributed by atoms with van der Waals surface area (Å²) in [6, 6.07) is 13.4. The zero-order valence-electron chi connectivity index (χ0n) is 10.8. The first-order chi connectivity index (χ1) is 9.00. The summed E-state index contributed by atoms with van der Waals surface area (Å²) < 4.78 is 13.4. The van der Waals surface area contributed by atoms with Gasteiger partial charge in [-0.1, -0.05) is 70.9 Å². The van der Waals surface area contributed by atoms with E-state index in [0.29, 0.717) is 10.6 Å². The van der Waals surface area contributed by atoms with Crippen LogP contribution in [0.4, 0.5) is 4.39 Å². The van der Waals surface area contributed by atoms with Crippen LogP contribution >= 0.6 is 27.5 Å². The standard InChI is InChI=1S/C16H15BrClF/c1-10-8-13(14(18)9-15(10)19)16(17)11(2)12-6-4-3-5-7-12/h3-9,11,16H,1-2H3. The van der Waals surface area contributed by atoms with Crippen LogP contribution in [0.15, 0.2) is 42.5 Å². The van der Waals surface area contributed by atoms with Gasteiger partial charge in [-0.2, -0.15) is 0 Å². The Morgan fingerprint density at radius 1 is 1.16 bits per heavy atom. The third kappa shape index (κ3) is 3.18. The minimum Gasteiger partial charge on any atom is -0.207 e. The molecule has 0 aromatic heterocycles. The third-order valence-corrected chi connectivity index (χ3v) is 4.95. The molecule has 0 saturated carbocycles. The lowest BCUT2D eigenvalue weighted by molar-refractivity contribution is 0.616. The van der Waals surface area contributed by atoms with Gasteiger partial charge in [0.2, 0.25) is 0 Å². The maximum atomic E-state index is 13.4. The molecular formula is C16H15BrClF. The number of hydrogen-bond acceptors (Lipinski definition) is 0. The van der Waals surface area contributed by atoms with E-state index >= 15 is 0 Å². The second kappa shape index (κ2) is 6.06. The maximum Gasteiger partial charge on any atom is 0.127 e. The van der Waals surface area contributed by atoms with Gasteiger partial charge < -0.3 is 0 Å². The predicted molar refractivity (Wildman–Crippen MR) is 82.7 cm³/mol. The molecule has 0 spiro atoms. The number of hydrogen-bond donors (Lipinski definition) is 0. The predicted octanol–water partition coefficient (Wildman–Crippen LogP) is 6.03. The van der Waals surface area contributed by atoms with Crippen LogP contribution in [0, 0.1) is 12.7 Å². The van der Waals surface area contributed by atoms with Crippen molar-refractivity contribution in [3.63, 3.8) is 0 Å². The number of benzene rings is 2. The first-order valence-corrected chi connectivity index (χ1v) is 7.44. The lowest BCUT2D eigenvalue weighted by atomic mass is 9.93. The lowest BCUT2D eigenvalue weighted by Gasteiger charge is -2.21. The number of aryl methyl sites for hydroxylation is 1. The van der Waals surface area contributed by atoms with Gasteiger partial charge in [0.15, 0.2) is 0 Å². The highest BCUT2D eigenvalue weighted by atomic mass is 79.9. The lowest BCUT2D eigenvalue weighted by Crippen LogP contribution is -2.03. The van der Waals surface area contributed by atoms with Crippen molar-refractivity contribution >= 4 is 27.5 Å². The molecule has 2 aromatic carbocycles. The molecule has 2 atom stereocenters. The number of rotatable bonds is 3. The topological polar surface area (TPSA) is 0 Å². The molecule has 0 nitrogen and oxygen atoms in total. The van der Waals surface area contributed by atoms with Crippen molar-refractivity contribution in [3.8, 4) is 0 Å². The fraction of sp³-hybridized carbons (Fsp3) is 0.250. The van der Waals surface area contributed by atoms with Crippen molar-refractivity contribution in [2.24, 2.45) is 0 Å². The zero-order chi connectivity index (χ0) is 14.0. The molecule has 2 rings (SSSR count). The van der Waals surface area contributed by atoms with Gasteiger partial charge in [0, 0.05) is 9.85 Å². The molecular weight excluding hydrogens is 327 g/mol. The van der Waals surface area contributed by atoms with Gasteiger partial charge in [-0.05, 0) is 35.6 Å². The first-order valence-electron chi connectivity index (χ1n) is 6.15. The summed E-state index contributed by atoms with van der Waals surface area (Å²) in [5.74, 6) is -0.00984. The molecule has 0 bridgehead atoms. The Kier molecular flexibility index (Phi) is 4.64. The quantitative estimate of drug-likeness (QED) is 0.598. The summed E-state index contributed by atoms with van der Waals surface area (Å²) in [5, 5.41) is 0.466. The van der Waals surface area contributed by atoms with Crippen molar-refractivity contribution in [3.05, 3.63) is 70.0 Å². The van der Waals surface area contributed by atoms with E-state index in [1.807, 2.05) is 24.3 Å². The average molecular weight is 342 g/mol. The van der Waals surface area contributed by atoms with E-state index in [-0.39, 0.29) is 16.6 Å². The molecule has 0 fully saturated rings. The average Bonchev–Trinajstić information content (AvgIpc) is 2.42. The van der Waals surface area contributed by atoms with E-state index in [1.165, 1.54) is 11.6 Å². The molecule has 0 radical (unpaired) electrons. The van der Waals surface area contributed by atoms with Crippen LogP contribution in [0.25, 0.3) is 0 Å². The largest absolute Gasteiger partial charge is 0.207 e. The number of alkyl halides is 1. The Balaban J connectivity index is 2.34. The van der Waals surface area contributed by atoms with Gasteiger partial charge in [0.05, 0.1) is 0 Å². The summed E-state index contributed by atoms with van der Waals surface area (Å²) in [7, 11) is 0. The summed E-state index contributed by atoms with van der Waals surface area (Å²) >= 11 is 9.85. The Morgan fingerprint density at radius 3 is 2.42 bits per heavy atom. The van der Waals surface area contributed by atoms with Crippen molar-refractivity contribution < 1.29 is 4.39 Å². The fourth-order valence-electron chi connectivity index (χ4n) is 2.09. The van der Waals surface area contributed by atoms with Crippen molar-refractivity contribution in [1.82, 2.24) is 0 Å². The van der Waals surface area contributed by atoms with Crippen molar-refractivity contribution in [2.45, 2.75) is 24.6 Å². The molecule has 0 aliphatic rings. The summed E-state index contributed by atoms with van der Waals surface area (Å²) in [6.07, 6.45) is 0. The molecule has 0 N–H and O–H groups in total. The van der Waals surface area contributed by atoms with E-state index in [9.17, 15) is 4.39 Å². The molecule has 0 aliphatic heterocycles. The highest BCUT2D eigenvalue weighted by Crippen LogP contribution is 2.41. The Hall–Kier alpha value is -0.860. The summed E-state index contributed by atoms with van der Waals surface area (Å²) in [5.41, 5.74) is 2.77. The second-order valence-corrected chi connectivity index (χ2v) is 6.12. The molecule has 3 heteroatoms.